The molecule has 0 aliphatic heterocycles. The SMILES string of the molecule is CCCC(O)c1ccc(C2=CCC(OCc3ccc(C4CC=C(c5ccc(O)c(F)c5F)CC4)c(F)c3F)CC2)c(F)c1F. The number of phenols is 1. The van der Waals surface area contributed by atoms with Gasteiger partial charge in [-0.25, -0.2) is 22.0 Å². The van der Waals surface area contributed by atoms with Gasteiger partial charge in [-0.2, -0.15) is 4.39 Å². The van der Waals surface area contributed by atoms with Crippen molar-refractivity contribution in [3.05, 3.63) is 111 Å². The molecule has 2 N–H and O–H groups in total. The van der Waals surface area contributed by atoms with Crippen LogP contribution in [0.4, 0.5) is 26.3 Å². The molecule has 3 aromatic carbocycles. The average molecular weight is 617 g/mol. The summed E-state index contributed by atoms with van der Waals surface area (Å²) >= 11 is 0. The minimum Gasteiger partial charge on any atom is -0.505 e. The maximum Gasteiger partial charge on any atom is 0.200 e. The van der Waals surface area contributed by atoms with Gasteiger partial charge < -0.3 is 14.9 Å². The quantitative estimate of drug-likeness (QED) is 0.236. The van der Waals surface area contributed by atoms with Crippen LogP contribution in [0, 0.1) is 34.9 Å². The van der Waals surface area contributed by atoms with Gasteiger partial charge in [-0.15, -0.1) is 0 Å². The molecule has 234 valence electrons. The van der Waals surface area contributed by atoms with E-state index in [0.717, 1.165) is 6.07 Å². The lowest BCUT2D eigenvalue weighted by Crippen LogP contribution is -2.17. The van der Waals surface area contributed by atoms with Crippen molar-refractivity contribution >= 4 is 11.1 Å². The molecule has 0 spiro atoms. The fraction of sp³-hybridized carbons (Fsp3) is 0.371. The lowest BCUT2D eigenvalue weighted by molar-refractivity contribution is 0.0342. The van der Waals surface area contributed by atoms with Gasteiger partial charge in [0.1, 0.15) is 0 Å². The summed E-state index contributed by atoms with van der Waals surface area (Å²) < 4.78 is 93.6. The second-order valence-corrected chi connectivity index (χ2v) is 11.5. The number of benzene rings is 3. The third kappa shape index (κ3) is 6.44. The Bertz CT molecular complexity index is 1600. The van der Waals surface area contributed by atoms with E-state index in [-0.39, 0.29) is 46.4 Å². The van der Waals surface area contributed by atoms with Crippen molar-refractivity contribution in [1.29, 1.82) is 0 Å². The number of rotatable bonds is 9. The second-order valence-electron chi connectivity index (χ2n) is 11.5. The molecule has 5 rings (SSSR count). The summed E-state index contributed by atoms with van der Waals surface area (Å²) in [6.07, 6.45) is 5.36. The van der Waals surface area contributed by atoms with Gasteiger partial charge in [0.25, 0.3) is 0 Å². The molecule has 0 amide bonds. The van der Waals surface area contributed by atoms with Gasteiger partial charge >= 0.3 is 0 Å². The Morgan fingerprint density at radius 1 is 0.750 bits per heavy atom. The van der Waals surface area contributed by atoms with Gasteiger partial charge in [0.15, 0.2) is 34.8 Å². The minimum atomic E-state index is -1.32. The molecule has 3 atom stereocenters. The number of aliphatic hydroxyl groups excluding tert-OH is 1. The molecule has 3 unspecified atom stereocenters. The fourth-order valence-corrected chi connectivity index (χ4v) is 6.09. The Balaban J connectivity index is 1.20. The van der Waals surface area contributed by atoms with Crippen molar-refractivity contribution in [2.24, 2.45) is 0 Å². The second kappa shape index (κ2) is 13.6. The molecule has 0 radical (unpaired) electrons. The molecule has 9 heteroatoms. The molecule has 2 aliphatic rings. The Hall–Kier alpha value is -3.56. The first-order valence-corrected chi connectivity index (χ1v) is 14.9. The Morgan fingerprint density at radius 2 is 1.41 bits per heavy atom. The van der Waals surface area contributed by atoms with Crippen LogP contribution in [0.15, 0.2) is 48.6 Å². The third-order valence-electron chi connectivity index (χ3n) is 8.67. The van der Waals surface area contributed by atoms with Gasteiger partial charge in [0.2, 0.25) is 5.82 Å². The summed E-state index contributed by atoms with van der Waals surface area (Å²) in [5.74, 6) is -7.58. The number of allylic oxidation sites excluding steroid dienone is 3. The first-order valence-electron chi connectivity index (χ1n) is 14.9. The monoisotopic (exact) mass is 616 g/mol. The number of hydrogen-bond acceptors (Lipinski definition) is 3. The summed E-state index contributed by atoms with van der Waals surface area (Å²) in [5.41, 5.74) is 1.56. The highest BCUT2D eigenvalue weighted by Gasteiger charge is 2.27. The zero-order valence-electron chi connectivity index (χ0n) is 24.3. The fourth-order valence-electron chi connectivity index (χ4n) is 6.09. The van der Waals surface area contributed by atoms with Crippen molar-refractivity contribution in [3.8, 4) is 5.75 Å². The highest BCUT2D eigenvalue weighted by Crippen LogP contribution is 2.40. The van der Waals surface area contributed by atoms with Crippen LogP contribution in [0.2, 0.25) is 0 Å². The van der Waals surface area contributed by atoms with Crippen LogP contribution in [0.5, 0.6) is 5.75 Å². The largest absolute Gasteiger partial charge is 0.505 e. The normalized spacial score (nSPS) is 19.5. The van der Waals surface area contributed by atoms with Crippen LogP contribution >= 0.6 is 0 Å². The van der Waals surface area contributed by atoms with Crippen molar-refractivity contribution in [2.75, 3.05) is 0 Å². The zero-order valence-corrected chi connectivity index (χ0v) is 24.3. The van der Waals surface area contributed by atoms with E-state index < -0.39 is 46.8 Å². The lowest BCUT2D eigenvalue weighted by Gasteiger charge is -2.25. The van der Waals surface area contributed by atoms with Crippen LogP contribution in [0.1, 0.15) is 98.1 Å². The zero-order chi connectivity index (χ0) is 31.5. The van der Waals surface area contributed by atoms with E-state index in [1.54, 1.807) is 12.2 Å². The van der Waals surface area contributed by atoms with Crippen LogP contribution in [0.3, 0.4) is 0 Å². The van der Waals surface area contributed by atoms with E-state index in [4.69, 9.17) is 4.74 Å². The lowest BCUT2D eigenvalue weighted by atomic mass is 9.82. The van der Waals surface area contributed by atoms with Gasteiger partial charge in [-0.05, 0) is 79.7 Å². The predicted octanol–water partition coefficient (Wildman–Crippen LogP) is 9.56. The summed E-state index contributed by atoms with van der Waals surface area (Å²) in [6, 6.07) is 8.29. The van der Waals surface area contributed by atoms with Crippen LogP contribution in [-0.4, -0.2) is 16.3 Å². The first-order chi connectivity index (χ1) is 21.1. The summed E-state index contributed by atoms with van der Waals surface area (Å²) in [4.78, 5) is 0. The Kier molecular flexibility index (Phi) is 9.85. The van der Waals surface area contributed by atoms with Crippen molar-refractivity contribution in [1.82, 2.24) is 0 Å². The van der Waals surface area contributed by atoms with Gasteiger partial charge in [-0.3, -0.25) is 0 Å². The van der Waals surface area contributed by atoms with Crippen molar-refractivity contribution in [2.45, 2.75) is 83.0 Å². The van der Waals surface area contributed by atoms with Crippen molar-refractivity contribution < 1.29 is 41.3 Å². The molecular formula is C35H34F6O3. The standard InChI is InChI=1S/C35H34F6O3/c1-2-3-28(42)27-15-14-25(32(38)34(27)40)21-8-11-23(12-9-21)44-18-22-10-13-24(31(37)30(22)36)19-4-6-20(7-5-19)26-16-17-29(43)35(41)33(26)39/h6,8,10,13-17,19,23,28,42-43H,2-5,7,9,11-12,18H2,1H3. The molecule has 3 nitrogen and oxygen atoms in total. The molecule has 0 aromatic heterocycles. The van der Waals surface area contributed by atoms with Gasteiger partial charge in [0.05, 0.1) is 18.8 Å². The minimum absolute atomic E-state index is 0.0417. The maximum atomic E-state index is 15.1. The summed E-state index contributed by atoms with van der Waals surface area (Å²) in [7, 11) is 0. The average Bonchev–Trinajstić information content (AvgIpc) is 3.02. The van der Waals surface area contributed by atoms with E-state index in [1.807, 2.05) is 6.92 Å². The number of phenolic OH excluding ortho intramolecular Hbond substituents is 1. The molecule has 44 heavy (non-hydrogen) atoms. The molecule has 0 saturated carbocycles. The van der Waals surface area contributed by atoms with E-state index >= 15 is 8.78 Å². The molecule has 0 fully saturated rings. The van der Waals surface area contributed by atoms with E-state index in [0.29, 0.717) is 62.5 Å². The number of halogens is 6. The topological polar surface area (TPSA) is 49.7 Å². The number of ether oxygens (including phenoxy) is 1. The van der Waals surface area contributed by atoms with Crippen molar-refractivity contribution in [3.63, 3.8) is 0 Å². The van der Waals surface area contributed by atoms with Crippen LogP contribution < -0.4 is 0 Å². The van der Waals surface area contributed by atoms with Crippen LogP contribution in [-0.2, 0) is 11.3 Å². The molecular weight excluding hydrogens is 582 g/mol. The highest BCUT2D eigenvalue weighted by molar-refractivity contribution is 5.68. The number of hydrogen-bond donors (Lipinski definition) is 2. The summed E-state index contributed by atoms with van der Waals surface area (Å²) in [5, 5.41) is 19.4. The summed E-state index contributed by atoms with van der Waals surface area (Å²) in [6.45, 7) is 1.68. The Labute approximate surface area is 252 Å². The number of aliphatic hydroxyl groups is 1. The first kappa shape index (κ1) is 31.9. The smallest absolute Gasteiger partial charge is 0.200 e. The van der Waals surface area contributed by atoms with E-state index in [1.165, 1.54) is 30.3 Å². The number of aromatic hydroxyl groups is 1. The Morgan fingerprint density at radius 3 is 2.05 bits per heavy atom. The van der Waals surface area contributed by atoms with E-state index in [9.17, 15) is 27.8 Å². The molecule has 0 saturated heterocycles. The van der Waals surface area contributed by atoms with E-state index in [2.05, 4.69) is 0 Å². The molecule has 2 aliphatic carbocycles. The van der Waals surface area contributed by atoms with Gasteiger partial charge in [-0.1, -0.05) is 49.8 Å². The van der Waals surface area contributed by atoms with Gasteiger partial charge in [0, 0.05) is 22.3 Å². The highest BCUT2D eigenvalue weighted by atomic mass is 19.2. The molecule has 0 bridgehead atoms. The molecule has 0 heterocycles. The maximum absolute atomic E-state index is 15.1. The molecule has 3 aromatic rings. The third-order valence-corrected chi connectivity index (χ3v) is 8.67. The van der Waals surface area contributed by atoms with Crippen LogP contribution in [0.25, 0.3) is 11.1 Å². The predicted molar refractivity (Wildman–Crippen MR) is 156 cm³/mol.